The van der Waals surface area contributed by atoms with Crippen molar-refractivity contribution >= 4 is 21.6 Å². The fourth-order valence-electron chi connectivity index (χ4n) is 2.82. The number of amides is 1. The fraction of sp³-hybridized carbons (Fsp3) is 0.533. The van der Waals surface area contributed by atoms with E-state index in [9.17, 15) is 13.2 Å². The Kier molecular flexibility index (Phi) is 4.20. The van der Waals surface area contributed by atoms with Gasteiger partial charge in [0.25, 0.3) is 0 Å². The summed E-state index contributed by atoms with van der Waals surface area (Å²) in [6.45, 7) is 0.310. The number of anilines is 1. The number of aryl methyl sites for hydroxylation is 1. The molecule has 6 nitrogen and oxygen atoms in total. The van der Waals surface area contributed by atoms with Crippen LogP contribution in [0.2, 0.25) is 0 Å². The highest BCUT2D eigenvalue weighted by atomic mass is 32.2. The molecule has 4 N–H and O–H groups in total. The topological polar surface area (TPSA) is 101 Å². The molecule has 1 unspecified atom stereocenters. The van der Waals surface area contributed by atoms with Gasteiger partial charge in [-0.05, 0) is 55.4 Å². The summed E-state index contributed by atoms with van der Waals surface area (Å²) in [6.07, 6.45) is 3.94. The molecule has 22 heavy (non-hydrogen) atoms. The summed E-state index contributed by atoms with van der Waals surface area (Å²) in [5, 5.41) is 2.81. The van der Waals surface area contributed by atoms with E-state index in [0.717, 1.165) is 24.8 Å². The zero-order valence-corrected chi connectivity index (χ0v) is 13.2. The van der Waals surface area contributed by atoms with Gasteiger partial charge in [-0.15, -0.1) is 0 Å². The molecular weight excluding hydrogens is 302 g/mol. The van der Waals surface area contributed by atoms with E-state index in [0.29, 0.717) is 31.0 Å². The van der Waals surface area contributed by atoms with E-state index in [-0.39, 0.29) is 16.8 Å². The maximum atomic E-state index is 12.5. The standard InChI is InChI=1S/C15H21N3O3S/c16-9-14(10-4-5-10)18-22(20,21)12-6-7-13-11(8-12)2-1-3-15(19)17-13/h6-8,10,14,18H,1-5,9,16H2,(H,17,19). The first-order chi connectivity index (χ1) is 10.5. The minimum Gasteiger partial charge on any atom is -0.329 e. The Morgan fingerprint density at radius 1 is 1.32 bits per heavy atom. The van der Waals surface area contributed by atoms with E-state index in [1.807, 2.05) is 0 Å². The number of carbonyl (C=O) groups is 1. The lowest BCUT2D eigenvalue weighted by atomic mass is 10.1. The van der Waals surface area contributed by atoms with Crippen molar-refractivity contribution in [3.8, 4) is 0 Å². The quantitative estimate of drug-likeness (QED) is 0.751. The highest BCUT2D eigenvalue weighted by molar-refractivity contribution is 7.89. The lowest BCUT2D eigenvalue weighted by molar-refractivity contribution is -0.116. The molecule has 1 aromatic carbocycles. The Hall–Kier alpha value is -1.44. The summed E-state index contributed by atoms with van der Waals surface area (Å²) in [4.78, 5) is 11.8. The number of rotatable bonds is 5. The minimum atomic E-state index is -3.58. The van der Waals surface area contributed by atoms with Crippen molar-refractivity contribution in [2.75, 3.05) is 11.9 Å². The van der Waals surface area contributed by atoms with Crippen LogP contribution < -0.4 is 15.8 Å². The largest absolute Gasteiger partial charge is 0.329 e. The maximum absolute atomic E-state index is 12.5. The molecule has 0 radical (unpaired) electrons. The van der Waals surface area contributed by atoms with Gasteiger partial charge in [0.05, 0.1) is 4.90 Å². The number of fused-ring (bicyclic) bond motifs is 1. The zero-order chi connectivity index (χ0) is 15.7. The number of nitrogens with two attached hydrogens (primary N) is 1. The number of hydrogen-bond donors (Lipinski definition) is 3. The first-order valence-corrected chi connectivity index (χ1v) is 9.13. The van der Waals surface area contributed by atoms with E-state index in [1.54, 1.807) is 12.1 Å². The molecule has 1 heterocycles. The van der Waals surface area contributed by atoms with Crippen LogP contribution in [0.3, 0.4) is 0 Å². The van der Waals surface area contributed by atoms with Crippen LogP contribution in [0, 0.1) is 5.92 Å². The Labute approximate surface area is 130 Å². The minimum absolute atomic E-state index is 0.0237. The Morgan fingerprint density at radius 3 is 2.77 bits per heavy atom. The Balaban J connectivity index is 1.84. The van der Waals surface area contributed by atoms with E-state index in [2.05, 4.69) is 10.0 Å². The molecule has 3 rings (SSSR count). The van der Waals surface area contributed by atoms with Crippen LogP contribution in [0.15, 0.2) is 23.1 Å². The number of hydrogen-bond acceptors (Lipinski definition) is 4. The van der Waals surface area contributed by atoms with E-state index in [4.69, 9.17) is 5.73 Å². The van der Waals surface area contributed by atoms with Crippen molar-refractivity contribution in [3.05, 3.63) is 23.8 Å². The summed E-state index contributed by atoms with van der Waals surface area (Å²) in [5.74, 6) is 0.337. The van der Waals surface area contributed by atoms with Crippen molar-refractivity contribution < 1.29 is 13.2 Å². The fourth-order valence-corrected chi connectivity index (χ4v) is 4.19. The highest BCUT2D eigenvalue weighted by Gasteiger charge is 2.33. The molecule has 120 valence electrons. The van der Waals surface area contributed by atoms with E-state index < -0.39 is 10.0 Å². The number of benzene rings is 1. The third-order valence-corrected chi connectivity index (χ3v) is 5.75. The normalized spacial score (nSPS) is 20.0. The van der Waals surface area contributed by atoms with Crippen LogP contribution in [-0.4, -0.2) is 26.9 Å². The second kappa shape index (κ2) is 5.98. The molecule has 0 bridgehead atoms. The average molecular weight is 323 g/mol. The summed E-state index contributed by atoms with van der Waals surface area (Å²) >= 11 is 0. The van der Waals surface area contributed by atoms with Crippen molar-refractivity contribution in [3.63, 3.8) is 0 Å². The summed E-state index contributed by atoms with van der Waals surface area (Å²) in [7, 11) is -3.58. The molecule has 0 spiro atoms. The summed E-state index contributed by atoms with van der Waals surface area (Å²) in [6, 6.07) is 4.67. The van der Waals surface area contributed by atoms with Crippen molar-refractivity contribution in [2.24, 2.45) is 11.7 Å². The molecule has 1 saturated carbocycles. The van der Waals surface area contributed by atoms with Crippen LogP contribution in [0.5, 0.6) is 0 Å². The van der Waals surface area contributed by atoms with Crippen molar-refractivity contribution in [2.45, 2.75) is 43.0 Å². The molecule has 0 aromatic heterocycles. The van der Waals surface area contributed by atoms with Crippen molar-refractivity contribution in [1.29, 1.82) is 0 Å². The van der Waals surface area contributed by atoms with Gasteiger partial charge in [0, 0.05) is 24.7 Å². The molecule has 1 aliphatic heterocycles. The predicted molar refractivity (Wildman–Crippen MR) is 83.9 cm³/mol. The molecular formula is C15H21N3O3S. The molecule has 1 amide bonds. The number of carbonyl (C=O) groups excluding carboxylic acids is 1. The first-order valence-electron chi connectivity index (χ1n) is 7.65. The van der Waals surface area contributed by atoms with E-state index >= 15 is 0 Å². The van der Waals surface area contributed by atoms with Crippen LogP contribution >= 0.6 is 0 Å². The monoisotopic (exact) mass is 323 g/mol. The SMILES string of the molecule is NCC(NS(=O)(=O)c1ccc2c(c1)CCCC(=O)N2)C1CC1. The van der Waals surface area contributed by atoms with Gasteiger partial charge in [-0.25, -0.2) is 13.1 Å². The van der Waals surface area contributed by atoms with Gasteiger partial charge in [-0.2, -0.15) is 0 Å². The lowest BCUT2D eigenvalue weighted by Crippen LogP contribution is -2.41. The first kappa shape index (κ1) is 15.5. The third kappa shape index (κ3) is 3.31. The Bertz CT molecular complexity index is 683. The average Bonchev–Trinajstić information content (AvgIpc) is 3.31. The van der Waals surface area contributed by atoms with Crippen molar-refractivity contribution in [1.82, 2.24) is 4.72 Å². The number of sulfonamides is 1. The zero-order valence-electron chi connectivity index (χ0n) is 12.3. The van der Waals surface area contributed by atoms with Crippen LogP contribution in [0.1, 0.15) is 31.2 Å². The van der Waals surface area contributed by atoms with E-state index in [1.165, 1.54) is 6.07 Å². The smallest absolute Gasteiger partial charge is 0.240 e. The third-order valence-electron chi connectivity index (χ3n) is 4.26. The molecule has 0 saturated heterocycles. The summed E-state index contributed by atoms with van der Waals surface area (Å²) in [5.41, 5.74) is 7.24. The van der Waals surface area contributed by atoms with Gasteiger partial charge >= 0.3 is 0 Å². The van der Waals surface area contributed by atoms with Gasteiger partial charge in [0.1, 0.15) is 0 Å². The molecule has 1 atom stereocenters. The van der Waals surface area contributed by atoms with Gasteiger partial charge in [0.15, 0.2) is 0 Å². The summed E-state index contributed by atoms with van der Waals surface area (Å²) < 4.78 is 27.7. The molecule has 1 aromatic rings. The van der Waals surface area contributed by atoms with Crippen LogP contribution in [0.25, 0.3) is 0 Å². The van der Waals surface area contributed by atoms with Crippen LogP contribution in [0.4, 0.5) is 5.69 Å². The van der Waals surface area contributed by atoms with Gasteiger partial charge in [-0.1, -0.05) is 0 Å². The van der Waals surface area contributed by atoms with Crippen LogP contribution in [-0.2, 0) is 21.2 Å². The second-order valence-electron chi connectivity index (χ2n) is 6.02. The molecule has 1 aliphatic carbocycles. The number of nitrogens with one attached hydrogen (secondary N) is 2. The molecule has 2 aliphatic rings. The second-order valence-corrected chi connectivity index (χ2v) is 7.74. The van der Waals surface area contributed by atoms with Gasteiger partial charge in [0.2, 0.25) is 15.9 Å². The molecule has 1 fully saturated rings. The lowest BCUT2D eigenvalue weighted by Gasteiger charge is -2.17. The maximum Gasteiger partial charge on any atom is 0.240 e. The molecule has 7 heteroatoms. The van der Waals surface area contributed by atoms with Gasteiger partial charge in [-0.3, -0.25) is 4.79 Å². The Morgan fingerprint density at radius 2 is 2.09 bits per heavy atom. The highest BCUT2D eigenvalue weighted by Crippen LogP contribution is 2.33. The predicted octanol–water partition coefficient (Wildman–Crippen LogP) is 0.977. The van der Waals surface area contributed by atoms with Gasteiger partial charge < -0.3 is 11.1 Å².